The summed E-state index contributed by atoms with van der Waals surface area (Å²) in [6, 6.07) is 16.2. The number of carbonyl (C=O) groups excluding carboxylic acids is 4. The highest BCUT2D eigenvalue weighted by atomic mass is 16.2. The van der Waals surface area contributed by atoms with Crippen LogP contribution in [0, 0.1) is 17.8 Å². The zero-order chi connectivity index (χ0) is 30.9. The van der Waals surface area contributed by atoms with Crippen LogP contribution in [0.5, 0.6) is 0 Å². The van der Waals surface area contributed by atoms with Crippen LogP contribution in [0.2, 0.25) is 0 Å². The monoisotopic (exact) mass is 572 g/mol. The number of benzene rings is 2. The van der Waals surface area contributed by atoms with Crippen LogP contribution in [0.4, 0.5) is 0 Å². The van der Waals surface area contributed by atoms with Gasteiger partial charge in [0, 0.05) is 31.1 Å². The number of hydrogen-bond donors (Lipinski definition) is 0. The fourth-order valence-corrected chi connectivity index (χ4v) is 5.93. The molecule has 4 atom stereocenters. The van der Waals surface area contributed by atoms with Crippen LogP contribution in [0.15, 0.2) is 60.7 Å². The number of rotatable bonds is 21. The van der Waals surface area contributed by atoms with E-state index in [1.165, 1.54) is 5.56 Å². The van der Waals surface area contributed by atoms with E-state index in [1.807, 2.05) is 50.3 Å². The number of hydrogen-bond acceptors (Lipinski definition) is 4. The molecule has 2 rings (SSSR count). The van der Waals surface area contributed by atoms with Gasteiger partial charge in [0.15, 0.2) is 5.78 Å². The lowest BCUT2D eigenvalue weighted by Crippen LogP contribution is -2.22. The van der Waals surface area contributed by atoms with E-state index in [0.29, 0.717) is 12.2 Å². The van der Waals surface area contributed by atoms with Crippen molar-refractivity contribution in [1.29, 1.82) is 0 Å². The third kappa shape index (κ3) is 11.3. The lowest BCUT2D eigenvalue weighted by Gasteiger charge is -2.23. The van der Waals surface area contributed by atoms with Crippen LogP contribution in [-0.4, -0.2) is 23.6 Å². The number of ketones is 3. The van der Waals surface area contributed by atoms with Crippen molar-refractivity contribution in [1.82, 2.24) is 0 Å². The van der Waals surface area contributed by atoms with Crippen LogP contribution in [0.25, 0.3) is 11.1 Å². The average Bonchev–Trinajstić information content (AvgIpc) is 3.00. The first kappa shape index (κ1) is 35.1. The van der Waals surface area contributed by atoms with Gasteiger partial charge in [0.25, 0.3) is 0 Å². The second-order valence-electron chi connectivity index (χ2n) is 11.9. The first-order valence-electron chi connectivity index (χ1n) is 16.1. The molecule has 0 amide bonds. The molecule has 4 unspecified atom stereocenters. The van der Waals surface area contributed by atoms with Gasteiger partial charge in [0.1, 0.15) is 12.1 Å². The van der Waals surface area contributed by atoms with E-state index in [-0.39, 0.29) is 48.1 Å². The van der Waals surface area contributed by atoms with Crippen molar-refractivity contribution in [2.75, 3.05) is 0 Å². The van der Waals surface area contributed by atoms with Crippen molar-refractivity contribution in [2.45, 2.75) is 111 Å². The lowest BCUT2D eigenvalue weighted by molar-refractivity contribution is -0.136. The molecule has 0 aliphatic rings. The SMILES string of the molecule is CC=CCC(C)C(=O)C(CCCC)CCCC(CC=O)CC(C)c1cccc(-c2ccccc2CC(=O)C(=O)CC)c1. The molecule has 2 aromatic rings. The van der Waals surface area contributed by atoms with Crippen LogP contribution in [0.1, 0.15) is 116 Å². The second kappa shape index (κ2) is 19.1. The summed E-state index contributed by atoms with van der Waals surface area (Å²) in [6.45, 7) is 10.1. The third-order valence-electron chi connectivity index (χ3n) is 8.57. The summed E-state index contributed by atoms with van der Waals surface area (Å²) in [5.74, 6) is 0.388. The molecular formula is C38H52O4. The van der Waals surface area contributed by atoms with E-state index in [9.17, 15) is 19.2 Å². The topological polar surface area (TPSA) is 68.3 Å². The maximum Gasteiger partial charge on any atom is 0.202 e. The minimum absolute atomic E-state index is 0.0523. The Hall–Kier alpha value is -3.14. The standard InChI is InChI=1S/C38H52O4/c1-6-9-15-28(4)38(42)31(17-10-7-2)19-13-16-30(23-24-39)25-29(5)32-20-14-21-33(26-32)35-22-12-11-18-34(35)27-37(41)36(40)8-3/h6,9,11-12,14,18,20-22,24,26,28-31H,7-8,10,13,15-17,19,23,25,27H2,1-5H3. The van der Waals surface area contributed by atoms with Gasteiger partial charge in [-0.05, 0) is 73.1 Å². The molecule has 0 heterocycles. The van der Waals surface area contributed by atoms with Gasteiger partial charge in [0.2, 0.25) is 5.78 Å². The van der Waals surface area contributed by atoms with Crippen molar-refractivity contribution in [3.05, 3.63) is 71.8 Å². The fourth-order valence-electron chi connectivity index (χ4n) is 5.93. The van der Waals surface area contributed by atoms with Gasteiger partial charge in [-0.3, -0.25) is 14.4 Å². The molecule has 0 fully saturated rings. The summed E-state index contributed by atoms with van der Waals surface area (Å²) >= 11 is 0. The first-order chi connectivity index (χ1) is 20.2. The highest BCUT2D eigenvalue weighted by molar-refractivity contribution is 6.37. The van der Waals surface area contributed by atoms with Gasteiger partial charge in [-0.15, -0.1) is 0 Å². The Balaban J connectivity index is 2.10. The quantitative estimate of drug-likeness (QED) is 0.0849. The number of Topliss-reactive ketones (excluding diaryl/α,β-unsaturated/α-hetero) is 3. The second-order valence-corrected chi connectivity index (χ2v) is 11.9. The van der Waals surface area contributed by atoms with Gasteiger partial charge >= 0.3 is 0 Å². The number of aldehydes is 1. The van der Waals surface area contributed by atoms with Gasteiger partial charge < -0.3 is 4.79 Å². The van der Waals surface area contributed by atoms with E-state index in [1.54, 1.807) is 6.92 Å². The predicted molar refractivity (Wildman–Crippen MR) is 174 cm³/mol. The fraction of sp³-hybridized carbons (Fsp3) is 0.526. The van der Waals surface area contributed by atoms with Crippen molar-refractivity contribution in [2.24, 2.45) is 17.8 Å². The summed E-state index contributed by atoms with van der Waals surface area (Å²) < 4.78 is 0. The Kier molecular flexibility index (Phi) is 16.0. The van der Waals surface area contributed by atoms with E-state index in [0.717, 1.165) is 74.3 Å². The van der Waals surface area contributed by atoms with Crippen molar-refractivity contribution >= 4 is 23.6 Å². The van der Waals surface area contributed by atoms with Gasteiger partial charge in [-0.1, -0.05) is 108 Å². The van der Waals surface area contributed by atoms with E-state index < -0.39 is 0 Å². The minimum Gasteiger partial charge on any atom is -0.303 e. The molecule has 0 saturated carbocycles. The Morgan fingerprint density at radius 2 is 1.60 bits per heavy atom. The van der Waals surface area contributed by atoms with Crippen molar-refractivity contribution < 1.29 is 19.2 Å². The highest BCUT2D eigenvalue weighted by Crippen LogP contribution is 2.33. The van der Waals surface area contributed by atoms with Gasteiger partial charge in [0.05, 0.1) is 0 Å². The molecule has 0 radical (unpaired) electrons. The summed E-state index contributed by atoms with van der Waals surface area (Å²) in [6.07, 6.45) is 13.6. The van der Waals surface area contributed by atoms with Crippen LogP contribution in [-0.2, 0) is 25.6 Å². The smallest absolute Gasteiger partial charge is 0.202 e. The maximum atomic E-state index is 13.2. The maximum absolute atomic E-state index is 13.2. The molecule has 4 nitrogen and oxygen atoms in total. The largest absolute Gasteiger partial charge is 0.303 e. The zero-order valence-corrected chi connectivity index (χ0v) is 26.6. The molecule has 228 valence electrons. The Morgan fingerprint density at radius 1 is 0.857 bits per heavy atom. The molecule has 0 aliphatic heterocycles. The van der Waals surface area contributed by atoms with Crippen LogP contribution in [0.3, 0.4) is 0 Å². The van der Waals surface area contributed by atoms with Crippen LogP contribution >= 0.6 is 0 Å². The van der Waals surface area contributed by atoms with Gasteiger partial charge in [-0.25, -0.2) is 0 Å². The summed E-state index contributed by atoms with van der Waals surface area (Å²) in [5.41, 5.74) is 4.06. The van der Waals surface area contributed by atoms with Crippen molar-refractivity contribution in [3.63, 3.8) is 0 Å². The summed E-state index contributed by atoms with van der Waals surface area (Å²) in [5, 5.41) is 0. The normalized spacial score (nSPS) is 14.3. The van der Waals surface area contributed by atoms with E-state index >= 15 is 0 Å². The van der Waals surface area contributed by atoms with Gasteiger partial charge in [-0.2, -0.15) is 0 Å². The number of allylic oxidation sites excluding steroid dienone is 2. The predicted octanol–water partition coefficient (Wildman–Crippen LogP) is 9.29. The van der Waals surface area contributed by atoms with E-state index in [4.69, 9.17) is 0 Å². The van der Waals surface area contributed by atoms with E-state index in [2.05, 4.69) is 38.1 Å². The molecule has 0 aromatic heterocycles. The average molecular weight is 573 g/mol. The molecule has 0 saturated heterocycles. The summed E-state index contributed by atoms with van der Waals surface area (Å²) in [4.78, 5) is 49.1. The number of unbranched alkanes of at least 4 members (excludes halogenated alkanes) is 1. The van der Waals surface area contributed by atoms with Crippen molar-refractivity contribution in [3.8, 4) is 11.1 Å². The third-order valence-corrected chi connectivity index (χ3v) is 8.57. The van der Waals surface area contributed by atoms with Crippen LogP contribution < -0.4 is 0 Å². The minimum atomic E-state index is -0.350. The zero-order valence-electron chi connectivity index (χ0n) is 26.6. The molecule has 4 heteroatoms. The Morgan fingerprint density at radius 3 is 2.29 bits per heavy atom. The molecule has 42 heavy (non-hydrogen) atoms. The summed E-state index contributed by atoms with van der Waals surface area (Å²) in [7, 11) is 0. The molecule has 0 aliphatic carbocycles. The Labute approximate surface area is 254 Å². The molecule has 0 bridgehead atoms. The lowest BCUT2D eigenvalue weighted by atomic mass is 9.81. The molecular weight excluding hydrogens is 520 g/mol. The molecule has 0 N–H and O–H groups in total. The Bertz CT molecular complexity index is 1180. The first-order valence-corrected chi connectivity index (χ1v) is 16.1. The molecule has 2 aromatic carbocycles. The molecule has 0 spiro atoms. The highest BCUT2D eigenvalue weighted by Gasteiger charge is 2.24. The number of carbonyl (C=O) groups is 4.